The zero-order chi connectivity index (χ0) is 31.3. The quantitative estimate of drug-likeness (QED) is 0.202. The molecule has 3 aromatic heterocycles. The molecule has 9 aromatic rings. The number of rotatable bonds is 3. The molecule has 47 heavy (non-hydrogen) atoms. The summed E-state index contributed by atoms with van der Waals surface area (Å²) in [6.07, 6.45) is 0. The second-order valence-corrected chi connectivity index (χ2v) is 13.0. The maximum absolute atomic E-state index is 6.33. The molecule has 0 fully saturated rings. The van der Waals surface area contributed by atoms with Crippen LogP contribution in [0.5, 0.6) is 0 Å². The zero-order valence-corrected chi connectivity index (χ0v) is 26.0. The number of para-hydroxylation sites is 2. The molecule has 0 atom stereocenters. The van der Waals surface area contributed by atoms with Gasteiger partial charge in [0.1, 0.15) is 11.2 Å². The molecule has 0 saturated heterocycles. The summed E-state index contributed by atoms with van der Waals surface area (Å²) < 4.78 is 8.68. The largest absolute Gasteiger partial charge is 0.456 e. The van der Waals surface area contributed by atoms with Crippen LogP contribution in [0.4, 0.5) is 0 Å². The number of fused-ring (bicyclic) bond motifs is 9. The lowest BCUT2D eigenvalue weighted by Gasteiger charge is -2.21. The van der Waals surface area contributed by atoms with E-state index >= 15 is 0 Å². The Kier molecular flexibility index (Phi) is 5.31. The van der Waals surface area contributed by atoms with Crippen molar-refractivity contribution in [3.05, 3.63) is 151 Å². The van der Waals surface area contributed by atoms with Gasteiger partial charge in [0.15, 0.2) is 5.82 Å². The van der Waals surface area contributed by atoms with E-state index in [-0.39, 0.29) is 5.41 Å². The van der Waals surface area contributed by atoms with Gasteiger partial charge in [0.05, 0.1) is 22.4 Å². The minimum atomic E-state index is -0.238. The lowest BCUT2D eigenvalue weighted by molar-refractivity contribution is 0.636. The van der Waals surface area contributed by atoms with Gasteiger partial charge < -0.3 is 8.98 Å². The topological polar surface area (TPSA) is 43.9 Å². The molecule has 0 aliphatic heterocycles. The standard InChI is InChI=1S/C43H29N3O/c1-43(2)34-17-9-6-16-31(34)39-40(44-42(45-41(39)43)27-12-4-3-5-13-27)26-20-22-28(23-21-26)46-35-18-10-7-14-29(35)32-24-33-30-15-8-11-19-37(30)47-38(33)25-36(32)46/h3-25H,1-2H3. The van der Waals surface area contributed by atoms with Gasteiger partial charge in [-0.15, -0.1) is 0 Å². The van der Waals surface area contributed by atoms with Crippen LogP contribution in [0.15, 0.2) is 144 Å². The third-order valence-electron chi connectivity index (χ3n) is 9.97. The van der Waals surface area contributed by atoms with E-state index in [4.69, 9.17) is 14.4 Å². The van der Waals surface area contributed by atoms with Crippen molar-refractivity contribution in [2.24, 2.45) is 0 Å². The Balaban J connectivity index is 1.19. The zero-order valence-electron chi connectivity index (χ0n) is 26.0. The Morgan fingerprint density at radius 3 is 2.13 bits per heavy atom. The van der Waals surface area contributed by atoms with E-state index < -0.39 is 0 Å². The van der Waals surface area contributed by atoms with Crippen LogP contribution in [0.1, 0.15) is 25.1 Å². The maximum Gasteiger partial charge on any atom is 0.160 e. The van der Waals surface area contributed by atoms with E-state index in [0.717, 1.165) is 72.6 Å². The van der Waals surface area contributed by atoms with E-state index in [1.54, 1.807) is 0 Å². The summed E-state index contributed by atoms with van der Waals surface area (Å²) in [5.41, 5.74) is 12.7. The van der Waals surface area contributed by atoms with Gasteiger partial charge >= 0.3 is 0 Å². The minimum absolute atomic E-state index is 0.238. The van der Waals surface area contributed by atoms with Crippen LogP contribution in [0.25, 0.3) is 83.2 Å². The SMILES string of the molecule is CC1(C)c2ccccc2-c2c(-c3ccc(-n4c5ccccc5c5cc6c(cc54)oc4ccccc46)cc3)nc(-c3ccccc3)nc21. The summed E-state index contributed by atoms with van der Waals surface area (Å²) in [6, 6.07) is 49.2. The van der Waals surface area contributed by atoms with Crippen molar-refractivity contribution in [2.45, 2.75) is 19.3 Å². The number of nitrogens with zero attached hydrogens (tertiary/aromatic N) is 3. The van der Waals surface area contributed by atoms with Crippen LogP contribution in [0.3, 0.4) is 0 Å². The van der Waals surface area contributed by atoms with Gasteiger partial charge in [-0.05, 0) is 41.5 Å². The molecule has 222 valence electrons. The molecule has 3 heterocycles. The summed E-state index contributed by atoms with van der Waals surface area (Å²) in [5.74, 6) is 0.751. The lowest BCUT2D eigenvalue weighted by atomic mass is 9.85. The molecule has 1 aliphatic rings. The molecule has 0 unspecified atom stereocenters. The maximum atomic E-state index is 6.33. The minimum Gasteiger partial charge on any atom is -0.456 e. The van der Waals surface area contributed by atoms with Crippen molar-refractivity contribution in [2.75, 3.05) is 0 Å². The van der Waals surface area contributed by atoms with Crippen LogP contribution in [0.2, 0.25) is 0 Å². The Bertz CT molecular complexity index is 2700. The van der Waals surface area contributed by atoms with Gasteiger partial charge in [0.25, 0.3) is 0 Å². The van der Waals surface area contributed by atoms with Gasteiger partial charge in [0.2, 0.25) is 0 Å². The Hall–Kier alpha value is -6.00. The fourth-order valence-corrected chi connectivity index (χ4v) is 7.70. The third-order valence-corrected chi connectivity index (χ3v) is 9.97. The lowest BCUT2D eigenvalue weighted by Crippen LogP contribution is -2.17. The highest BCUT2D eigenvalue weighted by Gasteiger charge is 2.39. The summed E-state index contributed by atoms with van der Waals surface area (Å²) in [6.45, 7) is 4.54. The van der Waals surface area contributed by atoms with Crippen molar-refractivity contribution < 1.29 is 4.42 Å². The average molecular weight is 604 g/mol. The first kappa shape index (κ1) is 26.2. The van der Waals surface area contributed by atoms with Gasteiger partial charge in [-0.3, -0.25) is 0 Å². The number of benzene rings is 6. The Labute approximate surface area is 271 Å². The first-order valence-corrected chi connectivity index (χ1v) is 16.1. The third kappa shape index (κ3) is 3.70. The fraction of sp³-hybridized carbons (Fsp3) is 0.0698. The first-order valence-electron chi connectivity index (χ1n) is 16.1. The van der Waals surface area contributed by atoms with Crippen molar-refractivity contribution in [1.29, 1.82) is 0 Å². The van der Waals surface area contributed by atoms with E-state index in [0.29, 0.717) is 0 Å². The highest BCUT2D eigenvalue weighted by molar-refractivity contribution is 6.17. The van der Waals surface area contributed by atoms with Gasteiger partial charge in [-0.25, -0.2) is 9.97 Å². The van der Waals surface area contributed by atoms with E-state index in [9.17, 15) is 0 Å². The van der Waals surface area contributed by atoms with Crippen LogP contribution in [-0.4, -0.2) is 14.5 Å². The van der Waals surface area contributed by atoms with Crippen molar-refractivity contribution in [1.82, 2.24) is 14.5 Å². The molecular formula is C43H29N3O. The fourth-order valence-electron chi connectivity index (χ4n) is 7.70. The molecule has 0 radical (unpaired) electrons. The molecule has 0 N–H and O–H groups in total. The molecule has 0 spiro atoms. The van der Waals surface area contributed by atoms with Crippen LogP contribution >= 0.6 is 0 Å². The molecule has 0 amide bonds. The number of furan rings is 1. The molecule has 6 aromatic carbocycles. The van der Waals surface area contributed by atoms with Crippen LogP contribution < -0.4 is 0 Å². The van der Waals surface area contributed by atoms with Gasteiger partial charge in [-0.2, -0.15) is 0 Å². The predicted octanol–water partition coefficient (Wildman–Crippen LogP) is 11.1. The predicted molar refractivity (Wildman–Crippen MR) is 192 cm³/mol. The highest BCUT2D eigenvalue weighted by Crippen LogP contribution is 2.51. The summed E-state index contributed by atoms with van der Waals surface area (Å²) in [5, 5.41) is 4.71. The number of hydrogen-bond donors (Lipinski definition) is 0. The van der Waals surface area contributed by atoms with Gasteiger partial charge in [-0.1, -0.05) is 117 Å². The molecule has 0 saturated carbocycles. The summed E-state index contributed by atoms with van der Waals surface area (Å²) >= 11 is 0. The molecule has 10 rings (SSSR count). The molecular weight excluding hydrogens is 574 g/mol. The van der Waals surface area contributed by atoms with Gasteiger partial charge in [0, 0.05) is 55.4 Å². The van der Waals surface area contributed by atoms with Crippen LogP contribution in [-0.2, 0) is 5.41 Å². The summed E-state index contributed by atoms with van der Waals surface area (Å²) in [4.78, 5) is 10.5. The molecule has 4 nitrogen and oxygen atoms in total. The highest BCUT2D eigenvalue weighted by atomic mass is 16.3. The van der Waals surface area contributed by atoms with Crippen molar-refractivity contribution >= 4 is 43.7 Å². The Morgan fingerprint density at radius 1 is 0.553 bits per heavy atom. The van der Waals surface area contributed by atoms with E-state index in [1.807, 2.05) is 30.3 Å². The average Bonchev–Trinajstić information content (AvgIpc) is 3.72. The monoisotopic (exact) mass is 603 g/mol. The number of hydrogen-bond acceptors (Lipinski definition) is 3. The van der Waals surface area contributed by atoms with E-state index in [2.05, 4.69) is 128 Å². The van der Waals surface area contributed by atoms with Crippen molar-refractivity contribution in [3.8, 4) is 39.5 Å². The number of aromatic nitrogens is 3. The van der Waals surface area contributed by atoms with Crippen LogP contribution in [0, 0.1) is 0 Å². The molecule has 1 aliphatic carbocycles. The second kappa shape index (κ2) is 9.51. The molecule has 4 heteroatoms. The first-order chi connectivity index (χ1) is 23.1. The normalized spacial score (nSPS) is 13.5. The summed E-state index contributed by atoms with van der Waals surface area (Å²) in [7, 11) is 0. The molecule has 0 bridgehead atoms. The van der Waals surface area contributed by atoms with Crippen molar-refractivity contribution in [3.63, 3.8) is 0 Å². The second-order valence-electron chi connectivity index (χ2n) is 13.0. The van der Waals surface area contributed by atoms with E-state index in [1.165, 1.54) is 21.9 Å². The Morgan fingerprint density at radius 2 is 1.28 bits per heavy atom. The smallest absolute Gasteiger partial charge is 0.160 e.